The Morgan fingerprint density at radius 2 is 2.05 bits per heavy atom. The normalized spacial score (nSPS) is 19.7. The van der Waals surface area contributed by atoms with Crippen LogP contribution in [-0.4, -0.2) is 51.4 Å². The summed E-state index contributed by atoms with van der Waals surface area (Å²) in [5.41, 5.74) is 0. The molecule has 2 aliphatic rings. The van der Waals surface area contributed by atoms with Crippen molar-refractivity contribution in [3.8, 4) is 0 Å². The Morgan fingerprint density at radius 3 is 2.76 bits per heavy atom. The van der Waals surface area contributed by atoms with Gasteiger partial charge in [-0.1, -0.05) is 0 Å². The van der Waals surface area contributed by atoms with Crippen LogP contribution in [0.2, 0.25) is 0 Å². The molecular formula is C14H24N6O. The van der Waals surface area contributed by atoms with Crippen molar-refractivity contribution in [2.45, 2.75) is 51.7 Å². The molecule has 2 N–H and O–H groups in total. The predicted octanol–water partition coefficient (Wildman–Crippen LogP) is 0.679. The smallest absolute Gasteiger partial charge is 0.317 e. The zero-order valence-corrected chi connectivity index (χ0v) is 12.8. The molecule has 0 radical (unpaired) electrons. The van der Waals surface area contributed by atoms with Gasteiger partial charge in [-0.2, -0.15) is 0 Å². The lowest BCUT2D eigenvalue weighted by Gasteiger charge is -2.32. The van der Waals surface area contributed by atoms with Crippen molar-refractivity contribution < 1.29 is 4.79 Å². The van der Waals surface area contributed by atoms with Gasteiger partial charge in [0.05, 0.1) is 6.54 Å². The van der Waals surface area contributed by atoms with E-state index in [4.69, 9.17) is 0 Å². The van der Waals surface area contributed by atoms with Crippen molar-refractivity contribution in [1.82, 2.24) is 30.3 Å². The number of rotatable bonds is 2. The van der Waals surface area contributed by atoms with Crippen molar-refractivity contribution in [2.75, 3.05) is 19.6 Å². The van der Waals surface area contributed by atoms with Crippen LogP contribution in [0.1, 0.15) is 44.3 Å². The van der Waals surface area contributed by atoms with E-state index in [1.807, 2.05) is 18.7 Å². The lowest BCUT2D eigenvalue weighted by molar-refractivity contribution is 0.177. The van der Waals surface area contributed by atoms with Gasteiger partial charge in [-0.25, -0.2) is 4.79 Å². The summed E-state index contributed by atoms with van der Waals surface area (Å²) in [4.78, 5) is 13.9. The Kier molecular flexibility index (Phi) is 4.10. The summed E-state index contributed by atoms with van der Waals surface area (Å²) in [6, 6.07) is 0.238. The zero-order valence-electron chi connectivity index (χ0n) is 12.8. The zero-order chi connectivity index (χ0) is 14.8. The van der Waals surface area contributed by atoms with Crippen LogP contribution in [0.5, 0.6) is 0 Å². The summed E-state index contributed by atoms with van der Waals surface area (Å²) in [5.74, 6) is 2.57. The van der Waals surface area contributed by atoms with Crippen molar-refractivity contribution in [3.05, 3.63) is 11.6 Å². The van der Waals surface area contributed by atoms with Crippen molar-refractivity contribution in [1.29, 1.82) is 0 Å². The second kappa shape index (κ2) is 6.01. The fourth-order valence-electron chi connectivity index (χ4n) is 3.10. The van der Waals surface area contributed by atoms with E-state index in [1.165, 1.54) is 0 Å². The largest absolute Gasteiger partial charge is 0.336 e. The summed E-state index contributed by atoms with van der Waals surface area (Å²) in [6.45, 7) is 8.30. The molecule has 2 aliphatic heterocycles. The molecule has 0 atom stereocenters. The third-order valence-corrected chi connectivity index (χ3v) is 4.21. The lowest BCUT2D eigenvalue weighted by atomic mass is 9.96. The number of aromatic nitrogens is 3. The van der Waals surface area contributed by atoms with Crippen molar-refractivity contribution >= 4 is 6.03 Å². The molecule has 7 nitrogen and oxygen atoms in total. The van der Waals surface area contributed by atoms with Gasteiger partial charge in [0.2, 0.25) is 0 Å². The monoisotopic (exact) mass is 292 g/mol. The first-order valence-corrected chi connectivity index (χ1v) is 7.83. The number of amides is 2. The van der Waals surface area contributed by atoms with Gasteiger partial charge in [0.15, 0.2) is 0 Å². The van der Waals surface area contributed by atoms with Crippen LogP contribution < -0.4 is 10.6 Å². The number of likely N-dealkylation sites (tertiary alicyclic amines) is 1. The maximum absolute atomic E-state index is 12.0. The Labute approximate surface area is 125 Å². The molecular weight excluding hydrogens is 268 g/mol. The minimum Gasteiger partial charge on any atom is -0.336 e. The van der Waals surface area contributed by atoms with Gasteiger partial charge in [-0.3, -0.25) is 0 Å². The maximum atomic E-state index is 12.0. The van der Waals surface area contributed by atoms with E-state index < -0.39 is 0 Å². The van der Waals surface area contributed by atoms with E-state index in [2.05, 4.69) is 25.4 Å². The third-order valence-electron chi connectivity index (χ3n) is 4.21. The van der Waals surface area contributed by atoms with E-state index in [9.17, 15) is 4.79 Å². The first-order chi connectivity index (χ1) is 10.1. The standard InChI is InChI=1S/C14H24N6O/c1-10(2)16-14(21)19-6-3-11(4-7-19)13-18-17-12-9-15-5-8-20(12)13/h10-11,15H,3-9H2,1-2H3,(H,16,21). The molecule has 21 heavy (non-hydrogen) atoms. The molecule has 116 valence electrons. The first kappa shape index (κ1) is 14.3. The number of hydrogen-bond donors (Lipinski definition) is 2. The Morgan fingerprint density at radius 1 is 1.29 bits per heavy atom. The highest BCUT2D eigenvalue weighted by Gasteiger charge is 2.28. The second-order valence-electron chi connectivity index (χ2n) is 6.17. The van der Waals surface area contributed by atoms with Crippen LogP contribution in [-0.2, 0) is 13.1 Å². The van der Waals surface area contributed by atoms with Crippen LogP contribution in [0.25, 0.3) is 0 Å². The first-order valence-electron chi connectivity index (χ1n) is 7.83. The molecule has 1 fully saturated rings. The van der Waals surface area contributed by atoms with E-state index in [0.717, 1.165) is 57.2 Å². The molecule has 3 rings (SSSR count). The number of carbonyl (C=O) groups excluding carboxylic acids is 1. The van der Waals surface area contributed by atoms with Crippen molar-refractivity contribution in [3.63, 3.8) is 0 Å². The summed E-state index contributed by atoms with van der Waals surface area (Å²) in [6.07, 6.45) is 1.94. The molecule has 2 amide bonds. The fraction of sp³-hybridized carbons (Fsp3) is 0.786. The number of urea groups is 1. The van der Waals surface area contributed by atoms with Crippen molar-refractivity contribution in [2.24, 2.45) is 0 Å². The maximum Gasteiger partial charge on any atom is 0.317 e. The highest BCUT2D eigenvalue weighted by atomic mass is 16.2. The van der Waals surface area contributed by atoms with Gasteiger partial charge in [0.25, 0.3) is 0 Å². The molecule has 0 spiro atoms. The van der Waals surface area contributed by atoms with Crippen LogP contribution in [0.3, 0.4) is 0 Å². The fourth-order valence-corrected chi connectivity index (χ4v) is 3.10. The molecule has 7 heteroatoms. The van der Waals surface area contributed by atoms with Gasteiger partial charge < -0.3 is 20.1 Å². The highest BCUT2D eigenvalue weighted by Crippen LogP contribution is 2.27. The second-order valence-corrected chi connectivity index (χ2v) is 6.17. The van der Waals surface area contributed by atoms with Gasteiger partial charge in [-0.15, -0.1) is 10.2 Å². The number of nitrogens with zero attached hydrogens (tertiary/aromatic N) is 4. The van der Waals surface area contributed by atoms with Crippen LogP contribution >= 0.6 is 0 Å². The topological polar surface area (TPSA) is 75.1 Å². The summed E-state index contributed by atoms with van der Waals surface area (Å²) in [7, 11) is 0. The summed E-state index contributed by atoms with van der Waals surface area (Å²) >= 11 is 0. The summed E-state index contributed by atoms with van der Waals surface area (Å²) < 4.78 is 2.25. The number of hydrogen-bond acceptors (Lipinski definition) is 4. The highest BCUT2D eigenvalue weighted by molar-refractivity contribution is 5.74. The third kappa shape index (κ3) is 3.02. The minimum atomic E-state index is 0.0518. The number of nitrogens with one attached hydrogen (secondary N) is 2. The SMILES string of the molecule is CC(C)NC(=O)N1CCC(c2nnc3n2CCNC3)CC1. The molecule has 0 saturated carbocycles. The molecule has 0 unspecified atom stereocenters. The molecule has 0 aliphatic carbocycles. The van der Waals surface area contributed by atoms with Crippen LogP contribution in [0.4, 0.5) is 4.79 Å². The minimum absolute atomic E-state index is 0.0518. The molecule has 0 bridgehead atoms. The molecule has 0 aromatic carbocycles. The average molecular weight is 292 g/mol. The molecule has 1 aromatic rings. The Balaban J connectivity index is 1.61. The molecule has 3 heterocycles. The number of fused-ring (bicyclic) bond motifs is 1. The van der Waals surface area contributed by atoms with Gasteiger partial charge in [0.1, 0.15) is 11.6 Å². The van der Waals surface area contributed by atoms with Crippen LogP contribution in [0.15, 0.2) is 0 Å². The molecule has 1 aromatic heterocycles. The molecule has 1 saturated heterocycles. The van der Waals surface area contributed by atoms with E-state index in [-0.39, 0.29) is 12.1 Å². The average Bonchev–Trinajstić information content (AvgIpc) is 2.90. The van der Waals surface area contributed by atoms with E-state index in [1.54, 1.807) is 0 Å². The van der Waals surface area contributed by atoms with Gasteiger partial charge in [0, 0.05) is 38.1 Å². The quantitative estimate of drug-likeness (QED) is 0.840. The van der Waals surface area contributed by atoms with E-state index >= 15 is 0 Å². The Bertz CT molecular complexity index is 504. The van der Waals surface area contributed by atoms with Crippen LogP contribution in [0, 0.1) is 0 Å². The van der Waals surface area contributed by atoms with E-state index in [0.29, 0.717) is 5.92 Å². The number of carbonyl (C=O) groups is 1. The van der Waals surface area contributed by atoms with Gasteiger partial charge in [-0.05, 0) is 26.7 Å². The lowest BCUT2D eigenvalue weighted by Crippen LogP contribution is -2.46. The Hall–Kier alpha value is -1.63. The van der Waals surface area contributed by atoms with Gasteiger partial charge >= 0.3 is 6.03 Å². The predicted molar refractivity (Wildman–Crippen MR) is 78.9 cm³/mol. The number of piperidine rings is 1. The summed E-state index contributed by atoms with van der Waals surface area (Å²) in [5, 5.41) is 14.9.